The monoisotopic (exact) mass is 450 g/mol. The molecule has 0 heterocycles. The first-order valence-corrected chi connectivity index (χ1v) is 13.0. The van der Waals surface area contributed by atoms with Gasteiger partial charge in [-0.3, -0.25) is 0 Å². The molecule has 5 heteroatoms. The van der Waals surface area contributed by atoms with Crippen LogP contribution in [-0.4, -0.2) is 23.0 Å². The van der Waals surface area contributed by atoms with Crippen LogP contribution in [0.5, 0.6) is 17.2 Å². The Kier molecular flexibility index (Phi) is 15.5. The van der Waals surface area contributed by atoms with E-state index in [4.69, 9.17) is 14.6 Å². The van der Waals surface area contributed by atoms with E-state index in [9.17, 15) is 9.90 Å². The van der Waals surface area contributed by atoms with Crippen molar-refractivity contribution in [2.75, 3.05) is 6.61 Å². The molecule has 0 aliphatic heterocycles. The number of carboxylic acid groups (broad SMARTS) is 1. The van der Waals surface area contributed by atoms with Crippen molar-refractivity contribution in [3.05, 3.63) is 17.2 Å². The maximum atomic E-state index is 11.2. The number of rotatable bonds is 19. The second-order valence-corrected chi connectivity index (χ2v) is 8.80. The van der Waals surface area contributed by atoms with Gasteiger partial charge >= 0.3 is 6.16 Å². The SMILES string of the molecule is CCCCCCCc1cc(OC(=O)O)c(O)c(OCCCCCC)c1CCCCCCC. The summed E-state index contributed by atoms with van der Waals surface area (Å²) in [5.74, 6) is 0.236. The Hall–Kier alpha value is -1.91. The molecule has 0 saturated carbocycles. The predicted molar refractivity (Wildman–Crippen MR) is 131 cm³/mol. The Morgan fingerprint density at radius 1 is 0.781 bits per heavy atom. The predicted octanol–water partition coefficient (Wildman–Crippen LogP) is 8.43. The number of benzene rings is 1. The molecule has 0 fully saturated rings. The van der Waals surface area contributed by atoms with Gasteiger partial charge in [0.1, 0.15) is 0 Å². The molecule has 32 heavy (non-hydrogen) atoms. The van der Waals surface area contributed by atoms with Crippen molar-refractivity contribution in [2.45, 2.75) is 124 Å². The molecule has 0 aromatic heterocycles. The Labute approximate surface area is 195 Å². The van der Waals surface area contributed by atoms with Crippen LogP contribution in [0.4, 0.5) is 4.79 Å². The maximum absolute atomic E-state index is 11.2. The van der Waals surface area contributed by atoms with E-state index in [2.05, 4.69) is 20.8 Å². The van der Waals surface area contributed by atoms with Gasteiger partial charge in [-0.05, 0) is 43.7 Å². The lowest BCUT2D eigenvalue weighted by Gasteiger charge is -2.19. The Morgan fingerprint density at radius 3 is 1.88 bits per heavy atom. The van der Waals surface area contributed by atoms with E-state index < -0.39 is 6.16 Å². The second kappa shape index (κ2) is 17.6. The Morgan fingerprint density at radius 2 is 1.31 bits per heavy atom. The van der Waals surface area contributed by atoms with Gasteiger partial charge in [0.05, 0.1) is 6.61 Å². The van der Waals surface area contributed by atoms with E-state index in [0.29, 0.717) is 12.4 Å². The second-order valence-electron chi connectivity index (χ2n) is 8.80. The zero-order valence-electron chi connectivity index (χ0n) is 20.7. The van der Waals surface area contributed by atoms with Gasteiger partial charge in [-0.1, -0.05) is 91.4 Å². The number of hydrogen-bond donors (Lipinski definition) is 2. The molecule has 0 bridgehead atoms. The van der Waals surface area contributed by atoms with Gasteiger partial charge < -0.3 is 19.7 Å². The summed E-state index contributed by atoms with van der Waals surface area (Å²) in [5, 5.41) is 20.0. The number of unbranched alkanes of at least 4 members (excludes halogenated alkanes) is 11. The molecule has 0 radical (unpaired) electrons. The standard InChI is InChI=1S/C27H46O5/c1-4-7-10-13-15-18-22-21-24(32-27(29)30)25(28)26(31-20-17-12-9-6-3)23(22)19-16-14-11-8-5-2/h21,28H,4-20H2,1-3H3,(H,29,30). The molecule has 0 amide bonds. The zero-order valence-corrected chi connectivity index (χ0v) is 20.7. The molecule has 0 spiro atoms. The molecule has 5 nitrogen and oxygen atoms in total. The minimum atomic E-state index is -1.42. The summed E-state index contributed by atoms with van der Waals surface area (Å²) in [4.78, 5) is 11.2. The summed E-state index contributed by atoms with van der Waals surface area (Å²) < 4.78 is 11.0. The summed E-state index contributed by atoms with van der Waals surface area (Å²) >= 11 is 0. The highest BCUT2D eigenvalue weighted by Gasteiger charge is 2.21. The topological polar surface area (TPSA) is 76.0 Å². The fourth-order valence-electron chi connectivity index (χ4n) is 4.07. The lowest BCUT2D eigenvalue weighted by atomic mass is 9.94. The van der Waals surface area contributed by atoms with E-state index in [1.165, 1.54) is 38.5 Å². The van der Waals surface area contributed by atoms with Crippen molar-refractivity contribution in [1.82, 2.24) is 0 Å². The molecular formula is C27H46O5. The first-order chi connectivity index (χ1) is 15.5. The van der Waals surface area contributed by atoms with E-state index in [1.807, 2.05) is 0 Å². The number of phenols is 1. The quantitative estimate of drug-likeness (QED) is 0.126. The van der Waals surface area contributed by atoms with E-state index >= 15 is 0 Å². The minimum absolute atomic E-state index is 0.0145. The van der Waals surface area contributed by atoms with Crippen LogP contribution in [0, 0.1) is 0 Å². The largest absolute Gasteiger partial charge is 0.511 e. The fourth-order valence-corrected chi connectivity index (χ4v) is 4.07. The summed E-state index contributed by atoms with van der Waals surface area (Å²) in [5.41, 5.74) is 2.08. The first kappa shape index (κ1) is 28.1. The Balaban J connectivity index is 3.08. The lowest BCUT2D eigenvalue weighted by Crippen LogP contribution is -2.08. The van der Waals surface area contributed by atoms with Crippen molar-refractivity contribution in [3.8, 4) is 17.2 Å². The van der Waals surface area contributed by atoms with E-state index in [1.54, 1.807) is 6.07 Å². The average Bonchev–Trinajstić information content (AvgIpc) is 2.76. The molecule has 0 aliphatic rings. The van der Waals surface area contributed by atoms with Crippen molar-refractivity contribution in [3.63, 3.8) is 0 Å². The van der Waals surface area contributed by atoms with E-state index in [-0.39, 0.29) is 11.5 Å². The minimum Gasteiger partial charge on any atom is -0.502 e. The molecule has 2 N–H and O–H groups in total. The Bertz CT molecular complexity index is 641. The third-order valence-electron chi connectivity index (χ3n) is 5.94. The van der Waals surface area contributed by atoms with Crippen LogP contribution >= 0.6 is 0 Å². The lowest BCUT2D eigenvalue weighted by molar-refractivity contribution is 0.142. The smallest absolute Gasteiger partial charge is 0.502 e. The van der Waals surface area contributed by atoms with Crippen LogP contribution in [-0.2, 0) is 12.8 Å². The van der Waals surface area contributed by atoms with Gasteiger partial charge in [0.2, 0.25) is 5.75 Å². The molecular weight excluding hydrogens is 404 g/mol. The number of aromatic hydroxyl groups is 1. The third kappa shape index (κ3) is 11.1. The van der Waals surface area contributed by atoms with Crippen molar-refractivity contribution in [2.24, 2.45) is 0 Å². The van der Waals surface area contributed by atoms with Crippen LogP contribution < -0.4 is 9.47 Å². The van der Waals surface area contributed by atoms with E-state index in [0.717, 1.165) is 75.3 Å². The summed E-state index contributed by atoms with van der Waals surface area (Å²) in [6.07, 6.45) is 16.2. The summed E-state index contributed by atoms with van der Waals surface area (Å²) in [6.45, 7) is 7.10. The van der Waals surface area contributed by atoms with Crippen molar-refractivity contribution in [1.29, 1.82) is 0 Å². The van der Waals surface area contributed by atoms with Crippen LogP contribution in [0.3, 0.4) is 0 Å². The van der Waals surface area contributed by atoms with Gasteiger partial charge in [0.15, 0.2) is 11.5 Å². The number of ether oxygens (including phenoxy) is 2. The molecule has 184 valence electrons. The highest BCUT2D eigenvalue weighted by Crippen LogP contribution is 2.43. The molecule has 0 atom stereocenters. The van der Waals surface area contributed by atoms with Gasteiger partial charge in [-0.2, -0.15) is 0 Å². The molecule has 1 aromatic carbocycles. The number of phenolic OH excluding ortho intramolecular Hbond substituents is 1. The number of aryl methyl sites for hydroxylation is 1. The van der Waals surface area contributed by atoms with Crippen LogP contribution in [0.2, 0.25) is 0 Å². The highest BCUT2D eigenvalue weighted by atomic mass is 16.7. The normalized spacial score (nSPS) is 11.0. The summed E-state index contributed by atoms with van der Waals surface area (Å²) in [7, 11) is 0. The molecule has 1 aromatic rings. The van der Waals surface area contributed by atoms with Gasteiger partial charge in [0, 0.05) is 5.56 Å². The summed E-state index contributed by atoms with van der Waals surface area (Å²) in [6, 6.07) is 1.72. The maximum Gasteiger partial charge on any atom is 0.511 e. The zero-order chi connectivity index (χ0) is 23.6. The average molecular weight is 451 g/mol. The molecule has 0 saturated heterocycles. The van der Waals surface area contributed by atoms with Gasteiger partial charge in [-0.15, -0.1) is 0 Å². The molecule has 0 aliphatic carbocycles. The van der Waals surface area contributed by atoms with Crippen LogP contribution in [0.25, 0.3) is 0 Å². The highest BCUT2D eigenvalue weighted by molar-refractivity contribution is 5.67. The fraction of sp³-hybridized carbons (Fsp3) is 0.741. The van der Waals surface area contributed by atoms with Gasteiger partial charge in [-0.25, -0.2) is 4.79 Å². The van der Waals surface area contributed by atoms with Crippen LogP contribution in [0.1, 0.15) is 122 Å². The molecule has 0 unspecified atom stereocenters. The third-order valence-corrected chi connectivity index (χ3v) is 5.94. The van der Waals surface area contributed by atoms with Crippen molar-refractivity contribution >= 4 is 6.16 Å². The van der Waals surface area contributed by atoms with Gasteiger partial charge in [0.25, 0.3) is 0 Å². The number of carbonyl (C=O) groups is 1. The number of hydrogen-bond acceptors (Lipinski definition) is 4. The molecule has 1 rings (SSSR count). The van der Waals surface area contributed by atoms with Crippen LogP contribution in [0.15, 0.2) is 6.07 Å². The van der Waals surface area contributed by atoms with Crippen molar-refractivity contribution < 1.29 is 24.5 Å². The first-order valence-electron chi connectivity index (χ1n) is 13.0.